The Morgan fingerprint density at radius 1 is 1.00 bits per heavy atom. The Bertz CT molecular complexity index is 1030. The molecule has 1 N–H and O–H groups in total. The maximum Gasteiger partial charge on any atom is 0.158 e. The fraction of sp³-hybridized carbons (Fsp3) is 0.900. The van der Waals surface area contributed by atoms with Gasteiger partial charge in [0, 0.05) is 23.2 Å². The maximum absolute atomic E-state index is 12.9. The SMILES string of the molecule is CC1(C)OC1C1CC(C2CCC3(C)C2(C)CC=C2C4(C)CCC(=O)C(C)(C)C4CC4OC243)C(O)O1. The third-order valence-electron chi connectivity index (χ3n) is 13.1. The summed E-state index contributed by atoms with van der Waals surface area (Å²) in [6.45, 7) is 16.0. The number of rotatable bonds is 2. The zero-order valence-electron chi connectivity index (χ0n) is 22.6. The number of fused-ring (bicyclic) bond motifs is 3. The van der Waals surface area contributed by atoms with E-state index < -0.39 is 6.29 Å². The van der Waals surface area contributed by atoms with Gasteiger partial charge in [0.15, 0.2) is 6.29 Å². The van der Waals surface area contributed by atoms with Crippen LogP contribution in [0.4, 0.5) is 0 Å². The van der Waals surface area contributed by atoms with Crippen molar-refractivity contribution in [2.75, 3.05) is 0 Å². The second-order valence-corrected chi connectivity index (χ2v) is 15.0. The van der Waals surface area contributed by atoms with E-state index in [0.29, 0.717) is 24.0 Å². The topological polar surface area (TPSA) is 71.6 Å². The van der Waals surface area contributed by atoms with Gasteiger partial charge in [-0.3, -0.25) is 4.79 Å². The summed E-state index contributed by atoms with van der Waals surface area (Å²) in [6, 6.07) is 0. The number of epoxide rings is 2. The number of aliphatic hydroxyl groups excluding tert-OH is 1. The first-order valence-electron chi connectivity index (χ1n) is 14.2. The molecular formula is C30H44O5. The molecule has 35 heavy (non-hydrogen) atoms. The Kier molecular flexibility index (Phi) is 4.30. The van der Waals surface area contributed by atoms with Crippen LogP contribution in [-0.2, 0) is 19.0 Å². The number of allylic oxidation sites excluding steroid dienone is 1. The molecule has 3 aliphatic heterocycles. The number of ether oxygens (including phenoxy) is 3. The summed E-state index contributed by atoms with van der Waals surface area (Å²) in [5.74, 6) is 1.32. The molecule has 0 bridgehead atoms. The van der Waals surface area contributed by atoms with Gasteiger partial charge in [-0.1, -0.05) is 40.7 Å². The number of carbonyl (C=O) groups is 1. The van der Waals surface area contributed by atoms with Crippen molar-refractivity contribution in [2.45, 2.75) is 129 Å². The van der Waals surface area contributed by atoms with Gasteiger partial charge in [0.25, 0.3) is 0 Å². The number of carbonyl (C=O) groups excluding carboxylic acids is 1. The van der Waals surface area contributed by atoms with Gasteiger partial charge in [-0.25, -0.2) is 0 Å². The van der Waals surface area contributed by atoms with E-state index in [1.165, 1.54) is 5.57 Å². The van der Waals surface area contributed by atoms with Gasteiger partial charge in [0.1, 0.15) is 17.5 Å². The van der Waals surface area contributed by atoms with Gasteiger partial charge in [-0.05, 0) is 80.6 Å². The smallest absolute Gasteiger partial charge is 0.158 e. The predicted molar refractivity (Wildman–Crippen MR) is 131 cm³/mol. The quantitative estimate of drug-likeness (QED) is 0.431. The molecule has 0 aromatic heterocycles. The third-order valence-corrected chi connectivity index (χ3v) is 13.1. The van der Waals surface area contributed by atoms with E-state index >= 15 is 0 Å². The highest BCUT2D eigenvalue weighted by molar-refractivity contribution is 5.86. The number of hydrogen-bond donors (Lipinski definition) is 1. The largest absolute Gasteiger partial charge is 0.368 e. The molecule has 7 aliphatic rings. The minimum absolute atomic E-state index is 0.00501. The van der Waals surface area contributed by atoms with Gasteiger partial charge in [-0.15, -0.1) is 0 Å². The van der Waals surface area contributed by atoms with Gasteiger partial charge < -0.3 is 19.3 Å². The first-order chi connectivity index (χ1) is 16.2. The summed E-state index contributed by atoms with van der Waals surface area (Å²) in [5.41, 5.74) is 1.02. The summed E-state index contributed by atoms with van der Waals surface area (Å²) < 4.78 is 18.9. The second-order valence-electron chi connectivity index (χ2n) is 15.0. The summed E-state index contributed by atoms with van der Waals surface area (Å²) in [5, 5.41) is 11.1. The Labute approximate surface area is 210 Å². The van der Waals surface area contributed by atoms with Crippen molar-refractivity contribution in [1.82, 2.24) is 0 Å². The van der Waals surface area contributed by atoms with Gasteiger partial charge in [-0.2, -0.15) is 0 Å². The summed E-state index contributed by atoms with van der Waals surface area (Å²) in [6.07, 6.45) is 8.94. The van der Waals surface area contributed by atoms with Crippen LogP contribution in [0.3, 0.4) is 0 Å². The van der Waals surface area contributed by atoms with Crippen molar-refractivity contribution in [3.63, 3.8) is 0 Å². The van der Waals surface area contributed by atoms with E-state index in [4.69, 9.17) is 14.2 Å². The zero-order chi connectivity index (χ0) is 25.0. The standard InChI is InChI=1S/C30H44O5/c1-25(2)20-15-22-30(34-22)19(27(20,5)11-10-21(25)31)9-12-28(6)17(8-13-29(28,30)7)16-14-18(33-24(16)32)23-26(3,4)35-23/h9,16-18,20,22-24,32H,8,10-15H2,1-7H3. The Morgan fingerprint density at radius 2 is 1.71 bits per heavy atom. The molecule has 7 rings (SSSR count). The molecule has 6 fully saturated rings. The van der Waals surface area contributed by atoms with Gasteiger partial charge in [0.2, 0.25) is 0 Å². The Hall–Kier alpha value is -0.750. The molecule has 11 unspecified atom stereocenters. The number of Topliss-reactive ketones (excluding diaryl/α,β-unsaturated/α-hetero) is 1. The fourth-order valence-electron chi connectivity index (χ4n) is 10.7. The van der Waals surface area contributed by atoms with Crippen LogP contribution in [0.1, 0.15) is 93.4 Å². The lowest BCUT2D eigenvalue weighted by molar-refractivity contribution is -0.142. The molecule has 3 saturated carbocycles. The van der Waals surface area contributed by atoms with E-state index in [1.807, 2.05) is 0 Å². The molecule has 3 heterocycles. The molecule has 0 aromatic carbocycles. The molecular weight excluding hydrogens is 440 g/mol. The van der Waals surface area contributed by atoms with Crippen molar-refractivity contribution in [2.24, 2.45) is 39.4 Å². The van der Waals surface area contributed by atoms with E-state index in [2.05, 4.69) is 54.5 Å². The van der Waals surface area contributed by atoms with E-state index in [-0.39, 0.29) is 57.1 Å². The van der Waals surface area contributed by atoms with Crippen LogP contribution in [0, 0.1) is 39.4 Å². The lowest BCUT2D eigenvalue weighted by Crippen LogP contribution is -2.61. The highest BCUT2D eigenvalue weighted by atomic mass is 16.7. The van der Waals surface area contributed by atoms with Crippen LogP contribution in [-0.4, -0.2) is 46.7 Å². The predicted octanol–water partition coefficient (Wildman–Crippen LogP) is 5.19. The van der Waals surface area contributed by atoms with Crippen LogP contribution in [0.15, 0.2) is 11.6 Å². The summed E-state index contributed by atoms with van der Waals surface area (Å²) >= 11 is 0. The average molecular weight is 485 g/mol. The van der Waals surface area contributed by atoms with Crippen molar-refractivity contribution in [1.29, 1.82) is 0 Å². The van der Waals surface area contributed by atoms with Gasteiger partial charge >= 0.3 is 0 Å². The normalized spacial score (nSPS) is 59.1. The van der Waals surface area contributed by atoms with Crippen LogP contribution < -0.4 is 0 Å². The van der Waals surface area contributed by atoms with Crippen LogP contribution >= 0.6 is 0 Å². The fourth-order valence-corrected chi connectivity index (χ4v) is 10.7. The lowest BCUT2D eigenvalue weighted by Gasteiger charge is -2.61. The first-order valence-corrected chi connectivity index (χ1v) is 14.2. The molecule has 0 amide bonds. The summed E-state index contributed by atoms with van der Waals surface area (Å²) in [7, 11) is 0. The molecule has 194 valence electrons. The number of hydrogen-bond acceptors (Lipinski definition) is 5. The molecule has 0 radical (unpaired) electrons. The molecule has 5 heteroatoms. The number of aliphatic hydroxyl groups is 1. The van der Waals surface area contributed by atoms with Crippen LogP contribution in [0.25, 0.3) is 0 Å². The van der Waals surface area contributed by atoms with E-state index in [9.17, 15) is 9.90 Å². The van der Waals surface area contributed by atoms with Crippen LogP contribution in [0.2, 0.25) is 0 Å². The highest BCUT2D eigenvalue weighted by Crippen LogP contribution is 2.80. The molecule has 5 nitrogen and oxygen atoms in total. The minimum Gasteiger partial charge on any atom is -0.368 e. The highest BCUT2D eigenvalue weighted by Gasteiger charge is 2.82. The number of ketones is 1. The molecule has 11 atom stereocenters. The zero-order valence-corrected chi connectivity index (χ0v) is 22.6. The minimum atomic E-state index is -0.707. The van der Waals surface area contributed by atoms with E-state index in [0.717, 1.165) is 38.5 Å². The first kappa shape index (κ1) is 23.4. The average Bonchev–Trinajstić information content (AvgIpc) is 3.57. The lowest BCUT2D eigenvalue weighted by atomic mass is 9.41. The molecule has 3 saturated heterocycles. The molecule has 1 spiro atoms. The Balaban J connectivity index is 1.24. The second kappa shape index (κ2) is 6.45. The Morgan fingerprint density at radius 3 is 2.40 bits per heavy atom. The maximum atomic E-state index is 12.9. The molecule has 4 aliphatic carbocycles. The van der Waals surface area contributed by atoms with E-state index in [1.54, 1.807) is 0 Å². The van der Waals surface area contributed by atoms with Crippen LogP contribution in [0.5, 0.6) is 0 Å². The third kappa shape index (κ3) is 2.53. The van der Waals surface area contributed by atoms with Crippen molar-refractivity contribution < 1.29 is 24.1 Å². The van der Waals surface area contributed by atoms with Gasteiger partial charge in [0.05, 0.1) is 17.8 Å². The van der Waals surface area contributed by atoms with Crippen molar-refractivity contribution >= 4 is 5.78 Å². The van der Waals surface area contributed by atoms with Crippen molar-refractivity contribution in [3.05, 3.63) is 11.6 Å². The summed E-state index contributed by atoms with van der Waals surface area (Å²) in [4.78, 5) is 12.9. The monoisotopic (exact) mass is 484 g/mol. The van der Waals surface area contributed by atoms with Crippen molar-refractivity contribution in [3.8, 4) is 0 Å². The molecule has 0 aromatic rings.